The molecule has 0 saturated carbocycles. The largest absolute Gasteiger partial charge is 0.296 e. The average Bonchev–Trinajstić information content (AvgIpc) is 3.05. The molecule has 3 aromatic rings. The molecule has 7 heteroatoms. The third-order valence-corrected chi connectivity index (χ3v) is 4.86. The quantitative estimate of drug-likeness (QED) is 0.738. The smallest absolute Gasteiger partial charge is 0.277 e. The van der Waals surface area contributed by atoms with Crippen molar-refractivity contribution in [2.24, 2.45) is 0 Å². The monoisotopic (exact) mass is 313 g/mol. The van der Waals surface area contributed by atoms with Gasteiger partial charge in [0.15, 0.2) is 5.13 Å². The van der Waals surface area contributed by atoms with Crippen molar-refractivity contribution in [2.45, 2.75) is 32.1 Å². The number of carbonyl (C=O) groups is 1. The van der Waals surface area contributed by atoms with E-state index in [9.17, 15) is 4.79 Å². The van der Waals surface area contributed by atoms with E-state index in [0.717, 1.165) is 18.5 Å². The second-order valence-electron chi connectivity index (χ2n) is 5.36. The average molecular weight is 313 g/mol. The van der Waals surface area contributed by atoms with Crippen LogP contribution >= 0.6 is 11.3 Å². The Balaban J connectivity index is 1.56. The van der Waals surface area contributed by atoms with Crippen molar-refractivity contribution < 1.29 is 4.79 Å². The van der Waals surface area contributed by atoms with E-state index in [1.165, 1.54) is 24.1 Å². The molecule has 3 aromatic heterocycles. The molecule has 6 nitrogen and oxygen atoms in total. The SMILES string of the molecule is O=C(Nc1nc2c(s1)CCCCC2)c1cn2cccnc2n1. The van der Waals surface area contributed by atoms with Crippen LogP contribution in [-0.4, -0.2) is 25.3 Å². The zero-order valence-electron chi connectivity index (χ0n) is 12.0. The van der Waals surface area contributed by atoms with Gasteiger partial charge < -0.3 is 0 Å². The lowest BCUT2D eigenvalue weighted by Crippen LogP contribution is -2.12. The number of nitrogens with one attached hydrogen (secondary N) is 1. The highest BCUT2D eigenvalue weighted by Crippen LogP contribution is 2.29. The Bertz CT molecular complexity index is 781. The Morgan fingerprint density at radius 3 is 3.05 bits per heavy atom. The zero-order chi connectivity index (χ0) is 14.9. The number of hydrogen-bond donors (Lipinski definition) is 1. The predicted octanol–water partition coefficient (Wildman–Crippen LogP) is 2.71. The van der Waals surface area contributed by atoms with Crippen LogP contribution in [0.5, 0.6) is 0 Å². The van der Waals surface area contributed by atoms with Crippen molar-refractivity contribution >= 4 is 28.2 Å². The highest BCUT2D eigenvalue weighted by Gasteiger charge is 2.17. The zero-order valence-corrected chi connectivity index (χ0v) is 12.8. The van der Waals surface area contributed by atoms with Crippen molar-refractivity contribution in [3.8, 4) is 0 Å². The minimum absolute atomic E-state index is 0.241. The van der Waals surface area contributed by atoms with Gasteiger partial charge in [-0.25, -0.2) is 15.0 Å². The molecule has 1 N–H and O–H groups in total. The number of amides is 1. The fourth-order valence-corrected chi connectivity index (χ4v) is 3.73. The van der Waals surface area contributed by atoms with E-state index < -0.39 is 0 Å². The van der Waals surface area contributed by atoms with E-state index in [1.54, 1.807) is 34.2 Å². The summed E-state index contributed by atoms with van der Waals surface area (Å²) in [4.78, 5) is 26.5. The Hall–Kier alpha value is -2.28. The topological polar surface area (TPSA) is 72.2 Å². The van der Waals surface area contributed by atoms with Gasteiger partial charge in [0.1, 0.15) is 5.69 Å². The van der Waals surface area contributed by atoms with Crippen LogP contribution in [0.4, 0.5) is 5.13 Å². The van der Waals surface area contributed by atoms with Gasteiger partial charge >= 0.3 is 0 Å². The lowest BCUT2D eigenvalue weighted by Gasteiger charge is -1.97. The molecule has 0 unspecified atom stereocenters. The molecule has 112 valence electrons. The van der Waals surface area contributed by atoms with Crippen molar-refractivity contribution in [1.29, 1.82) is 0 Å². The van der Waals surface area contributed by atoms with Gasteiger partial charge in [0.05, 0.1) is 5.69 Å². The number of rotatable bonds is 2. The summed E-state index contributed by atoms with van der Waals surface area (Å²) in [5.41, 5.74) is 1.50. The van der Waals surface area contributed by atoms with E-state index in [1.807, 2.05) is 6.20 Å². The van der Waals surface area contributed by atoms with Crippen LogP contribution in [-0.2, 0) is 12.8 Å². The lowest BCUT2D eigenvalue weighted by atomic mass is 10.2. The highest BCUT2D eigenvalue weighted by molar-refractivity contribution is 7.15. The molecule has 0 atom stereocenters. The van der Waals surface area contributed by atoms with E-state index in [2.05, 4.69) is 20.3 Å². The second-order valence-corrected chi connectivity index (χ2v) is 6.44. The van der Waals surface area contributed by atoms with E-state index in [0.29, 0.717) is 16.6 Å². The van der Waals surface area contributed by atoms with Gasteiger partial charge in [-0.2, -0.15) is 0 Å². The first-order valence-electron chi connectivity index (χ1n) is 7.39. The summed E-state index contributed by atoms with van der Waals surface area (Å²) in [7, 11) is 0. The van der Waals surface area contributed by atoms with Crippen LogP contribution in [0.2, 0.25) is 0 Å². The fraction of sp³-hybridized carbons (Fsp3) is 0.333. The predicted molar refractivity (Wildman–Crippen MR) is 84.3 cm³/mol. The summed E-state index contributed by atoms with van der Waals surface area (Å²) in [5.74, 6) is 0.275. The maximum absolute atomic E-state index is 12.3. The summed E-state index contributed by atoms with van der Waals surface area (Å²) in [6.45, 7) is 0. The third-order valence-electron chi connectivity index (χ3n) is 3.78. The molecule has 0 fully saturated rings. The van der Waals surface area contributed by atoms with Crippen LogP contribution in [0.25, 0.3) is 5.78 Å². The minimum atomic E-state index is -0.241. The van der Waals surface area contributed by atoms with Crippen LogP contribution in [0.3, 0.4) is 0 Å². The van der Waals surface area contributed by atoms with Gasteiger partial charge in [-0.3, -0.25) is 14.5 Å². The first kappa shape index (κ1) is 13.4. The number of fused-ring (bicyclic) bond motifs is 2. The number of carbonyl (C=O) groups excluding carboxylic acids is 1. The van der Waals surface area contributed by atoms with Gasteiger partial charge in [-0.1, -0.05) is 6.42 Å². The molecular formula is C15H15N5OS. The van der Waals surface area contributed by atoms with Gasteiger partial charge in [-0.15, -0.1) is 11.3 Å². The lowest BCUT2D eigenvalue weighted by molar-refractivity contribution is 0.102. The fourth-order valence-electron chi connectivity index (χ4n) is 2.68. The molecule has 0 radical (unpaired) electrons. The molecule has 22 heavy (non-hydrogen) atoms. The Kier molecular flexibility index (Phi) is 3.34. The molecular weight excluding hydrogens is 298 g/mol. The number of thiazole rings is 1. The standard InChI is InChI=1S/C15H15N5OS/c21-13(11-9-20-8-4-7-16-14(20)17-11)19-15-18-10-5-2-1-3-6-12(10)22-15/h4,7-9H,1-3,5-6H2,(H,18,19,21). The number of aryl methyl sites for hydroxylation is 2. The Morgan fingerprint density at radius 1 is 1.23 bits per heavy atom. The van der Waals surface area contributed by atoms with Crippen LogP contribution < -0.4 is 5.32 Å². The summed E-state index contributed by atoms with van der Waals surface area (Å²) in [5, 5.41) is 3.53. The maximum Gasteiger partial charge on any atom is 0.277 e. The second kappa shape index (κ2) is 5.49. The minimum Gasteiger partial charge on any atom is -0.296 e. The molecule has 0 aromatic carbocycles. The summed E-state index contributed by atoms with van der Waals surface area (Å²) < 4.78 is 1.73. The summed E-state index contributed by atoms with van der Waals surface area (Å²) >= 11 is 1.59. The molecule has 0 aliphatic heterocycles. The highest BCUT2D eigenvalue weighted by atomic mass is 32.1. The maximum atomic E-state index is 12.3. The number of imidazole rings is 1. The molecule has 1 aliphatic carbocycles. The molecule has 0 spiro atoms. The van der Waals surface area contributed by atoms with Crippen molar-refractivity contribution in [2.75, 3.05) is 5.32 Å². The molecule has 1 amide bonds. The van der Waals surface area contributed by atoms with Gasteiger partial charge in [-0.05, 0) is 31.7 Å². The van der Waals surface area contributed by atoms with Crippen LogP contribution in [0, 0.1) is 0 Å². The molecule has 0 bridgehead atoms. The van der Waals surface area contributed by atoms with E-state index >= 15 is 0 Å². The van der Waals surface area contributed by atoms with E-state index in [4.69, 9.17) is 0 Å². The Labute approximate surface area is 131 Å². The van der Waals surface area contributed by atoms with E-state index in [-0.39, 0.29) is 5.91 Å². The normalized spacial score (nSPS) is 14.5. The van der Waals surface area contributed by atoms with Crippen molar-refractivity contribution in [1.82, 2.24) is 19.4 Å². The summed E-state index contributed by atoms with van der Waals surface area (Å²) in [6, 6.07) is 1.80. The first-order valence-corrected chi connectivity index (χ1v) is 8.21. The summed E-state index contributed by atoms with van der Waals surface area (Å²) in [6.07, 6.45) is 10.9. The molecule has 4 rings (SSSR count). The van der Waals surface area contributed by atoms with Crippen molar-refractivity contribution in [3.63, 3.8) is 0 Å². The number of hydrogen-bond acceptors (Lipinski definition) is 5. The van der Waals surface area contributed by atoms with Crippen LogP contribution in [0.1, 0.15) is 40.3 Å². The third kappa shape index (κ3) is 2.48. The molecule has 0 saturated heterocycles. The first-order chi connectivity index (χ1) is 10.8. The Morgan fingerprint density at radius 2 is 2.14 bits per heavy atom. The number of nitrogens with zero attached hydrogens (tertiary/aromatic N) is 4. The van der Waals surface area contributed by atoms with Crippen molar-refractivity contribution in [3.05, 3.63) is 40.9 Å². The van der Waals surface area contributed by atoms with Gasteiger partial charge in [0.2, 0.25) is 5.78 Å². The number of aromatic nitrogens is 4. The molecule has 3 heterocycles. The van der Waals surface area contributed by atoms with Gasteiger partial charge in [0.25, 0.3) is 5.91 Å². The number of anilines is 1. The van der Waals surface area contributed by atoms with Crippen LogP contribution in [0.15, 0.2) is 24.7 Å². The van der Waals surface area contributed by atoms with Gasteiger partial charge in [0, 0.05) is 23.5 Å². The molecule has 1 aliphatic rings.